The first kappa shape index (κ1) is 22.5. The molecule has 1 spiro atoms. The number of hydrogen-bond acceptors (Lipinski definition) is 6. The minimum absolute atomic E-state index is 0.0540. The number of alkyl halides is 1. The molecule has 182 valence electrons. The molecule has 6 nitrogen and oxygen atoms in total. The zero-order chi connectivity index (χ0) is 22.6. The van der Waals surface area contributed by atoms with Crippen LogP contribution < -0.4 is 0 Å². The molecule has 9 atom stereocenters. The lowest BCUT2D eigenvalue weighted by Gasteiger charge is -2.65. The van der Waals surface area contributed by atoms with Crippen molar-refractivity contribution in [2.45, 2.75) is 94.4 Å². The third kappa shape index (κ3) is 2.58. The van der Waals surface area contributed by atoms with E-state index >= 15 is 0 Å². The van der Waals surface area contributed by atoms with Crippen LogP contribution in [0.4, 0.5) is 0 Å². The summed E-state index contributed by atoms with van der Waals surface area (Å²) in [6, 6.07) is 0. The summed E-state index contributed by atoms with van der Waals surface area (Å²) < 4.78 is 24.1. The Morgan fingerprint density at radius 3 is 2.16 bits per heavy atom. The number of rotatable bonds is 1. The van der Waals surface area contributed by atoms with Crippen molar-refractivity contribution in [1.29, 1.82) is 0 Å². The van der Waals surface area contributed by atoms with E-state index < -0.39 is 28.7 Å². The molecular formula is C25H39ClO6. The van der Waals surface area contributed by atoms with E-state index in [9.17, 15) is 10.2 Å². The van der Waals surface area contributed by atoms with Crippen LogP contribution in [0.25, 0.3) is 0 Å². The standard InChI is InChI=1S/C25H39ClO6/c1-21-8-9-24(31-12-13-32-24)20(26)17(21)5-4-15-16-6-7-25(28,23(3)29-10-11-30-23)22(16,2)14-18(27)19(15)21/h15-20,27-28H,4-14H2,1-3H3/t15-,16+,17-,18+,19+,20+,21-,22+,25+/m0/s1. The second-order valence-electron chi connectivity index (χ2n) is 12.1. The summed E-state index contributed by atoms with van der Waals surface area (Å²) in [4.78, 5) is 0. The van der Waals surface area contributed by atoms with Crippen LogP contribution in [0.3, 0.4) is 0 Å². The number of aliphatic hydroxyl groups is 2. The third-order valence-electron chi connectivity index (χ3n) is 11.2. The third-order valence-corrected chi connectivity index (χ3v) is 11.8. The summed E-state index contributed by atoms with van der Waals surface area (Å²) >= 11 is 7.11. The van der Waals surface area contributed by atoms with Crippen LogP contribution in [0.15, 0.2) is 0 Å². The van der Waals surface area contributed by atoms with Gasteiger partial charge in [-0.2, -0.15) is 0 Å². The lowest BCUT2D eigenvalue weighted by Crippen LogP contribution is -2.68. The molecule has 0 aromatic rings. The van der Waals surface area contributed by atoms with Gasteiger partial charge < -0.3 is 29.2 Å². The van der Waals surface area contributed by atoms with Crippen molar-refractivity contribution in [3.05, 3.63) is 0 Å². The molecule has 6 fully saturated rings. The fraction of sp³-hybridized carbons (Fsp3) is 1.00. The largest absolute Gasteiger partial charge is 0.393 e. The predicted octanol–water partition coefficient (Wildman–Crippen LogP) is 3.45. The predicted molar refractivity (Wildman–Crippen MR) is 118 cm³/mol. The van der Waals surface area contributed by atoms with Crippen molar-refractivity contribution < 1.29 is 29.2 Å². The molecule has 6 rings (SSSR count). The van der Waals surface area contributed by atoms with Gasteiger partial charge in [-0.25, -0.2) is 0 Å². The smallest absolute Gasteiger partial charge is 0.195 e. The first-order valence-electron chi connectivity index (χ1n) is 12.7. The van der Waals surface area contributed by atoms with Crippen LogP contribution in [0.2, 0.25) is 0 Å². The fourth-order valence-electron chi connectivity index (χ4n) is 9.63. The van der Waals surface area contributed by atoms with Gasteiger partial charge in [0.05, 0.1) is 37.9 Å². The van der Waals surface area contributed by atoms with Crippen LogP contribution in [0, 0.1) is 34.5 Å². The van der Waals surface area contributed by atoms with Crippen LogP contribution in [-0.4, -0.2) is 65.3 Å². The summed E-state index contributed by atoms with van der Waals surface area (Å²) in [6.07, 6.45) is 5.48. The van der Waals surface area contributed by atoms with Crippen molar-refractivity contribution >= 4 is 11.6 Å². The van der Waals surface area contributed by atoms with Gasteiger partial charge in [-0.1, -0.05) is 13.8 Å². The van der Waals surface area contributed by atoms with Gasteiger partial charge in [0, 0.05) is 11.8 Å². The van der Waals surface area contributed by atoms with Gasteiger partial charge in [0.2, 0.25) is 0 Å². The quantitative estimate of drug-likeness (QED) is 0.571. The van der Waals surface area contributed by atoms with Crippen molar-refractivity contribution in [2.24, 2.45) is 34.5 Å². The van der Waals surface area contributed by atoms with Crippen molar-refractivity contribution in [3.63, 3.8) is 0 Å². The summed E-state index contributed by atoms with van der Waals surface area (Å²) in [6.45, 7) is 8.67. The molecule has 32 heavy (non-hydrogen) atoms. The molecule has 4 saturated carbocycles. The summed E-state index contributed by atoms with van der Waals surface area (Å²) in [7, 11) is 0. The molecule has 0 radical (unpaired) electrons. The average Bonchev–Trinajstić information content (AvgIpc) is 3.46. The highest BCUT2D eigenvalue weighted by Gasteiger charge is 2.73. The van der Waals surface area contributed by atoms with E-state index in [1.165, 1.54) is 0 Å². The molecule has 0 bridgehead atoms. The Hall–Kier alpha value is 0.0500. The summed E-state index contributed by atoms with van der Waals surface area (Å²) in [5.41, 5.74) is -1.59. The highest BCUT2D eigenvalue weighted by atomic mass is 35.5. The van der Waals surface area contributed by atoms with E-state index in [4.69, 9.17) is 30.5 Å². The van der Waals surface area contributed by atoms with Crippen molar-refractivity contribution in [1.82, 2.24) is 0 Å². The van der Waals surface area contributed by atoms with Crippen LogP contribution in [-0.2, 0) is 18.9 Å². The number of fused-ring (bicyclic) bond motifs is 5. The molecule has 2 aliphatic heterocycles. The minimum atomic E-state index is -1.10. The second-order valence-corrected chi connectivity index (χ2v) is 12.6. The van der Waals surface area contributed by atoms with Gasteiger partial charge in [-0.15, -0.1) is 11.6 Å². The maximum absolute atomic E-state index is 12.1. The molecule has 4 aliphatic carbocycles. The Morgan fingerprint density at radius 2 is 1.47 bits per heavy atom. The average molecular weight is 471 g/mol. The molecular weight excluding hydrogens is 432 g/mol. The van der Waals surface area contributed by atoms with E-state index in [1.54, 1.807) is 0 Å². The Morgan fingerprint density at radius 1 is 0.812 bits per heavy atom. The molecule has 0 aromatic carbocycles. The van der Waals surface area contributed by atoms with E-state index in [-0.39, 0.29) is 22.6 Å². The van der Waals surface area contributed by atoms with E-state index in [1.807, 2.05) is 6.92 Å². The highest BCUT2D eigenvalue weighted by molar-refractivity contribution is 6.21. The topological polar surface area (TPSA) is 77.4 Å². The Bertz CT molecular complexity index is 766. The van der Waals surface area contributed by atoms with Crippen molar-refractivity contribution in [2.75, 3.05) is 26.4 Å². The fourth-order valence-corrected chi connectivity index (χ4v) is 10.3. The zero-order valence-corrected chi connectivity index (χ0v) is 20.4. The molecule has 2 saturated heterocycles. The number of halogens is 1. The minimum Gasteiger partial charge on any atom is -0.393 e. The Kier molecular flexibility index (Phi) is 4.96. The lowest BCUT2D eigenvalue weighted by atomic mass is 9.43. The molecule has 0 unspecified atom stereocenters. The Labute approximate surface area is 196 Å². The summed E-state index contributed by atoms with van der Waals surface area (Å²) in [5, 5.41) is 23.6. The molecule has 2 N–H and O–H groups in total. The maximum atomic E-state index is 12.1. The van der Waals surface area contributed by atoms with Crippen LogP contribution >= 0.6 is 11.6 Å². The zero-order valence-electron chi connectivity index (χ0n) is 19.6. The maximum Gasteiger partial charge on any atom is 0.195 e. The first-order chi connectivity index (χ1) is 15.1. The van der Waals surface area contributed by atoms with Gasteiger partial charge in [-0.3, -0.25) is 0 Å². The number of ether oxygens (including phenoxy) is 4. The van der Waals surface area contributed by atoms with Gasteiger partial charge >= 0.3 is 0 Å². The molecule has 0 aromatic heterocycles. The normalized spacial score (nSPS) is 56.1. The van der Waals surface area contributed by atoms with E-state index in [2.05, 4.69) is 13.8 Å². The monoisotopic (exact) mass is 470 g/mol. The van der Waals surface area contributed by atoms with Crippen molar-refractivity contribution in [3.8, 4) is 0 Å². The number of aliphatic hydroxyl groups excluding tert-OH is 1. The molecule has 2 heterocycles. The van der Waals surface area contributed by atoms with Crippen LogP contribution in [0.5, 0.6) is 0 Å². The number of hydrogen-bond donors (Lipinski definition) is 2. The van der Waals surface area contributed by atoms with E-state index in [0.29, 0.717) is 51.1 Å². The Balaban J connectivity index is 1.33. The first-order valence-corrected chi connectivity index (χ1v) is 13.1. The SMILES string of the molecule is CC1([C@@]2(O)CC[C@@H]3[C@@H]4CC[C@H]5[C@@H](Cl)C6(CC[C@]5(C)[C@H]4[C@H](O)C[C@]32C)OCCO6)OCCO1. The van der Waals surface area contributed by atoms with Gasteiger partial charge in [0.25, 0.3) is 0 Å². The van der Waals surface area contributed by atoms with Gasteiger partial charge in [0.1, 0.15) is 5.60 Å². The second kappa shape index (κ2) is 7.05. The van der Waals surface area contributed by atoms with E-state index in [0.717, 1.165) is 32.1 Å². The highest BCUT2D eigenvalue weighted by Crippen LogP contribution is 2.71. The summed E-state index contributed by atoms with van der Waals surface area (Å²) in [5.74, 6) is -0.499. The molecule has 0 amide bonds. The van der Waals surface area contributed by atoms with Gasteiger partial charge in [-0.05, 0) is 74.5 Å². The molecule has 6 aliphatic rings. The van der Waals surface area contributed by atoms with Gasteiger partial charge in [0.15, 0.2) is 11.6 Å². The molecule has 7 heteroatoms. The van der Waals surface area contributed by atoms with Crippen LogP contribution in [0.1, 0.15) is 65.7 Å². The lowest BCUT2D eigenvalue weighted by molar-refractivity contribution is -0.309.